The fourth-order valence-electron chi connectivity index (χ4n) is 6.70. The average Bonchev–Trinajstić information content (AvgIpc) is 3.38. The zero-order valence-corrected chi connectivity index (χ0v) is 27.3. The van der Waals surface area contributed by atoms with Gasteiger partial charge in [0, 0.05) is 70.5 Å². The molecule has 0 bridgehead atoms. The molecule has 2 aromatic heterocycles. The van der Waals surface area contributed by atoms with Crippen LogP contribution in [0.4, 0.5) is 19.1 Å². The van der Waals surface area contributed by atoms with Crippen molar-refractivity contribution in [3.05, 3.63) is 47.4 Å². The number of anilines is 1. The SMILES string of the molecule is CN(CCN1CCC(c2ccc3c(C4CCC(=O)NC4=O)nn(C)c3c2)CC1)S(=O)N1CCC(Nc2ncc(C(F)(F)F)cn2)CC1. The number of fused-ring (bicyclic) bond motifs is 1. The first-order valence-electron chi connectivity index (χ1n) is 16.0. The third-order valence-corrected chi connectivity index (χ3v) is 11.0. The number of halogens is 3. The lowest BCUT2D eigenvalue weighted by molar-refractivity contribution is -0.138. The fraction of sp³-hybridized carbons (Fsp3) is 0.581. The van der Waals surface area contributed by atoms with E-state index in [9.17, 15) is 27.0 Å². The summed E-state index contributed by atoms with van der Waals surface area (Å²) in [6, 6.07) is 6.39. The van der Waals surface area contributed by atoms with Gasteiger partial charge in [0.05, 0.1) is 22.7 Å². The molecule has 5 heterocycles. The summed E-state index contributed by atoms with van der Waals surface area (Å²) in [5.74, 6) is -0.352. The van der Waals surface area contributed by atoms with Crippen molar-refractivity contribution in [2.75, 3.05) is 51.6 Å². The molecule has 6 rings (SSSR count). The number of likely N-dealkylation sites (tertiary alicyclic amines) is 1. The molecule has 16 heteroatoms. The Labute approximate surface area is 273 Å². The van der Waals surface area contributed by atoms with E-state index in [-0.39, 0.29) is 23.8 Å². The molecule has 1 aromatic carbocycles. The van der Waals surface area contributed by atoms with Crippen molar-refractivity contribution in [3.8, 4) is 0 Å². The van der Waals surface area contributed by atoms with E-state index in [0.717, 1.165) is 61.5 Å². The molecule has 0 spiro atoms. The van der Waals surface area contributed by atoms with Crippen LogP contribution in [0.3, 0.4) is 0 Å². The van der Waals surface area contributed by atoms with Crippen molar-refractivity contribution in [1.29, 1.82) is 0 Å². The topological polar surface area (TPSA) is 129 Å². The summed E-state index contributed by atoms with van der Waals surface area (Å²) in [5, 5.41) is 11.2. The van der Waals surface area contributed by atoms with Crippen molar-refractivity contribution in [3.63, 3.8) is 0 Å². The maximum atomic E-state index is 13.2. The van der Waals surface area contributed by atoms with E-state index in [1.54, 1.807) is 0 Å². The molecule has 3 fully saturated rings. The highest BCUT2D eigenvalue weighted by Crippen LogP contribution is 2.34. The maximum Gasteiger partial charge on any atom is 0.419 e. The van der Waals surface area contributed by atoms with Gasteiger partial charge in [-0.05, 0) is 62.7 Å². The van der Waals surface area contributed by atoms with Crippen molar-refractivity contribution in [1.82, 2.24) is 38.6 Å². The predicted octanol–water partition coefficient (Wildman–Crippen LogP) is 3.17. The molecular weight excluding hydrogens is 635 g/mol. The summed E-state index contributed by atoms with van der Waals surface area (Å²) >= 11 is -1.28. The summed E-state index contributed by atoms with van der Waals surface area (Å²) in [5.41, 5.74) is 2.09. The normalized spacial score (nSPS) is 21.8. The number of aryl methyl sites for hydroxylation is 1. The standard InChI is InChI=1S/C31H40F3N9O3S/c1-40(47(46)43-13-9-23(10-14-43)37-30-35-18-22(19-36-30)31(32,33)34)15-16-42-11-7-20(8-12-42)21-3-4-24-26(17-21)41(2)39-28(24)25-5-6-27(44)38-29(25)45/h3-4,17-20,23,25H,5-16H2,1-2H3,(H,35,36,37)(H,38,44,45). The van der Waals surface area contributed by atoms with Gasteiger partial charge in [0.2, 0.25) is 17.8 Å². The molecule has 2 unspecified atom stereocenters. The molecule has 0 aliphatic carbocycles. The van der Waals surface area contributed by atoms with E-state index in [1.807, 2.05) is 27.4 Å². The zero-order valence-electron chi connectivity index (χ0n) is 26.5. The van der Waals surface area contributed by atoms with Crippen LogP contribution in [0.2, 0.25) is 0 Å². The van der Waals surface area contributed by atoms with Crippen LogP contribution in [0.25, 0.3) is 10.9 Å². The fourth-order valence-corrected chi connectivity index (χ4v) is 7.86. The van der Waals surface area contributed by atoms with Crippen molar-refractivity contribution in [2.24, 2.45) is 7.05 Å². The molecule has 0 saturated carbocycles. The molecule has 2 amide bonds. The Kier molecular flexibility index (Phi) is 9.92. The van der Waals surface area contributed by atoms with Gasteiger partial charge in [0.25, 0.3) is 0 Å². The second-order valence-corrected chi connectivity index (χ2v) is 14.2. The van der Waals surface area contributed by atoms with Crippen LogP contribution in [-0.2, 0) is 34.0 Å². The minimum atomic E-state index is -4.47. The van der Waals surface area contributed by atoms with Gasteiger partial charge in [0.15, 0.2) is 11.2 Å². The molecular formula is C31H40F3N9O3S. The van der Waals surface area contributed by atoms with Gasteiger partial charge >= 0.3 is 6.18 Å². The highest BCUT2D eigenvalue weighted by Gasteiger charge is 2.33. The molecule has 47 heavy (non-hydrogen) atoms. The summed E-state index contributed by atoms with van der Waals surface area (Å²) in [6.07, 6.45) is 1.27. The second kappa shape index (κ2) is 13.9. The molecule has 3 aliphatic heterocycles. The van der Waals surface area contributed by atoms with Crippen LogP contribution in [0, 0.1) is 0 Å². The molecule has 12 nitrogen and oxygen atoms in total. The van der Waals surface area contributed by atoms with Gasteiger partial charge in [-0.15, -0.1) is 0 Å². The summed E-state index contributed by atoms with van der Waals surface area (Å²) in [6.45, 7) is 4.55. The number of nitrogens with zero attached hydrogens (tertiary/aromatic N) is 7. The Balaban J connectivity index is 0.942. The molecule has 0 radical (unpaired) electrons. The van der Waals surface area contributed by atoms with Crippen LogP contribution in [0.5, 0.6) is 0 Å². The molecule has 2 N–H and O–H groups in total. The number of amides is 2. The van der Waals surface area contributed by atoms with Crippen LogP contribution in [-0.4, -0.2) is 102 Å². The Morgan fingerprint density at radius 1 is 1.04 bits per heavy atom. The first-order chi connectivity index (χ1) is 22.5. The quantitative estimate of drug-likeness (QED) is 0.331. The second-order valence-electron chi connectivity index (χ2n) is 12.6. The molecule has 3 saturated heterocycles. The van der Waals surface area contributed by atoms with Crippen molar-refractivity contribution in [2.45, 2.75) is 62.6 Å². The van der Waals surface area contributed by atoms with Crippen molar-refractivity contribution >= 4 is 39.8 Å². The van der Waals surface area contributed by atoms with E-state index < -0.39 is 28.8 Å². The van der Waals surface area contributed by atoms with E-state index in [1.165, 1.54) is 5.56 Å². The lowest BCUT2D eigenvalue weighted by Gasteiger charge is -2.35. The number of aromatic nitrogens is 4. The third-order valence-electron chi connectivity index (χ3n) is 9.52. The monoisotopic (exact) mass is 675 g/mol. The maximum absolute atomic E-state index is 13.2. The highest BCUT2D eigenvalue weighted by molar-refractivity contribution is 7.80. The predicted molar refractivity (Wildman–Crippen MR) is 170 cm³/mol. The number of imide groups is 1. The summed E-state index contributed by atoms with van der Waals surface area (Å²) in [4.78, 5) is 34.1. The smallest absolute Gasteiger partial charge is 0.351 e. The van der Waals surface area contributed by atoms with E-state index in [2.05, 4.69) is 48.8 Å². The largest absolute Gasteiger partial charge is 0.419 e. The molecule has 3 aliphatic rings. The lowest BCUT2D eigenvalue weighted by atomic mass is 9.88. The van der Waals surface area contributed by atoms with Gasteiger partial charge in [0.1, 0.15) is 0 Å². The Morgan fingerprint density at radius 3 is 2.40 bits per heavy atom. The summed E-state index contributed by atoms with van der Waals surface area (Å²) in [7, 11) is 3.76. The number of carbonyl (C=O) groups excluding carboxylic acids is 2. The van der Waals surface area contributed by atoms with Gasteiger partial charge in [-0.25, -0.2) is 22.8 Å². The number of nitrogens with one attached hydrogen (secondary N) is 2. The Morgan fingerprint density at radius 2 is 1.74 bits per heavy atom. The highest BCUT2D eigenvalue weighted by atomic mass is 32.2. The zero-order chi connectivity index (χ0) is 33.3. The number of benzene rings is 1. The first-order valence-corrected chi connectivity index (χ1v) is 17.1. The number of rotatable bonds is 9. The minimum absolute atomic E-state index is 0.00225. The number of hydrogen-bond acceptors (Lipinski definition) is 8. The van der Waals surface area contributed by atoms with Crippen LogP contribution in [0.15, 0.2) is 30.6 Å². The van der Waals surface area contributed by atoms with Gasteiger partial charge in [-0.1, -0.05) is 12.1 Å². The lowest BCUT2D eigenvalue weighted by Crippen LogP contribution is -2.46. The first kappa shape index (κ1) is 33.4. The Bertz CT molecular complexity index is 1620. The van der Waals surface area contributed by atoms with Crippen LogP contribution in [0.1, 0.15) is 67.2 Å². The number of carbonyl (C=O) groups is 2. The third kappa shape index (κ3) is 7.66. The Hall–Kier alpha value is -3.47. The van der Waals surface area contributed by atoms with E-state index in [4.69, 9.17) is 0 Å². The van der Waals surface area contributed by atoms with Gasteiger partial charge < -0.3 is 10.2 Å². The summed E-state index contributed by atoms with van der Waals surface area (Å²) < 4.78 is 57.1. The number of hydrogen-bond donors (Lipinski definition) is 2. The van der Waals surface area contributed by atoms with Crippen molar-refractivity contribution < 1.29 is 27.0 Å². The number of piperidine rings is 3. The number of alkyl halides is 3. The van der Waals surface area contributed by atoms with Gasteiger partial charge in [-0.2, -0.15) is 18.3 Å². The average molecular weight is 676 g/mol. The minimum Gasteiger partial charge on any atom is -0.351 e. The molecule has 2 atom stereocenters. The van der Waals surface area contributed by atoms with Crippen LogP contribution < -0.4 is 10.6 Å². The van der Waals surface area contributed by atoms with E-state index in [0.29, 0.717) is 51.2 Å². The number of likely N-dealkylation sites (N-methyl/N-ethyl adjacent to an activating group) is 1. The van der Waals surface area contributed by atoms with Gasteiger partial charge in [-0.3, -0.25) is 19.6 Å². The molecule has 254 valence electrons. The van der Waals surface area contributed by atoms with Crippen LogP contribution >= 0.6 is 0 Å². The van der Waals surface area contributed by atoms with E-state index >= 15 is 0 Å². The molecule has 3 aromatic rings.